The van der Waals surface area contributed by atoms with Gasteiger partial charge in [0.2, 0.25) is 5.91 Å². The van der Waals surface area contributed by atoms with Gasteiger partial charge in [-0.1, -0.05) is 50.5 Å². The molecule has 0 spiro atoms. The highest BCUT2D eigenvalue weighted by atomic mass is 79.9. The zero-order valence-corrected chi connectivity index (χ0v) is 19.1. The number of carbonyl (C=O) groups is 3. The second-order valence-corrected chi connectivity index (χ2v) is 9.49. The number of aliphatic carboxylic acids is 1. The number of rotatable bonds is 7. The van der Waals surface area contributed by atoms with Gasteiger partial charge in [-0.2, -0.15) is 0 Å². The Labute approximate surface area is 179 Å². The molecule has 29 heavy (non-hydrogen) atoms. The first-order valence-corrected chi connectivity index (χ1v) is 10.0. The molecule has 0 heterocycles. The Morgan fingerprint density at radius 1 is 1.17 bits per heavy atom. The molecule has 0 fully saturated rings. The molecule has 1 rings (SSSR count). The van der Waals surface area contributed by atoms with E-state index in [9.17, 15) is 23.9 Å². The molecule has 2 atom stereocenters. The van der Waals surface area contributed by atoms with Gasteiger partial charge in [0.25, 0.3) is 0 Å². The van der Waals surface area contributed by atoms with Crippen LogP contribution in [0.3, 0.4) is 0 Å². The molecule has 0 saturated heterocycles. The molecule has 3 amide bonds. The highest BCUT2D eigenvalue weighted by molar-refractivity contribution is 9.10. The van der Waals surface area contributed by atoms with E-state index in [1.807, 2.05) is 13.8 Å². The zero-order chi connectivity index (χ0) is 22.6. The number of nitrogens with one attached hydrogen (secondary N) is 3. The van der Waals surface area contributed by atoms with Crippen molar-refractivity contribution < 1.29 is 23.9 Å². The van der Waals surface area contributed by atoms with E-state index >= 15 is 0 Å². The number of halogens is 2. The third-order valence-electron chi connectivity index (χ3n) is 4.81. The van der Waals surface area contributed by atoms with Crippen LogP contribution in [0.4, 0.5) is 14.9 Å². The Morgan fingerprint density at radius 3 is 2.21 bits per heavy atom. The van der Waals surface area contributed by atoms with Crippen molar-refractivity contribution in [3.8, 4) is 0 Å². The SMILES string of the molecule is CC(C)C[C@H](NC(=O)Nc1ccc(Br)cc1F)C(=O)N[C@](C)(C(=O)O)C(C)(C)C. The van der Waals surface area contributed by atoms with Gasteiger partial charge in [0.15, 0.2) is 0 Å². The van der Waals surface area contributed by atoms with Crippen LogP contribution in [0, 0.1) is 17.2 Å². The summed E-state index contributed by atoms with van der Waals surface area (Å²) in [6.07, 6.45) is 0.280. The quantitative estimate of drug-likeness (QED) is 0.477. The molecule has 0 unspecified atom stereocenters. The van der Waals surface area contributed by atoms with Gasteiger partial charge in [-0.15, -0.1) is 0 Å². The molecular formula is C20H29BrFN3O4. The first-order valence-electron chi connectivity index (χ1n) is 9.25. The maximum atomic E-state index is 13.9. The minimum Gasteiger partial charge on any atom is -0.479 e. The topological polar surface area (TPSA) is 108 Å². The van der Waals surface area contributed by atoms with Crippen molar-refractivity contribution >= 4 is 39.5 Å². The lowest BCUT2D eigenvalue weighted by Gasteiger charge is -2.39. The minimum atomic E-state index is -1.55. The van der Waals surface area contributed by atoms with Crippen molar-refractivity contribution in [1.82, 2.24) is 10.6 Å². The Hall–Kier alpha value is -2.16. The van der Waals surface area contributed by atoms with Crippen LogP contribution in [-0.4, -0.2) is 34.6 Å². The number of hydrogen-bond acceptors (Lipinski definition) is 3. The molecule has 4 N–H and O–H groups in total. The molecule has 0 radical (unpaired) electrons. The van der Waals surface area contributed by atoms with Crippen LogP contribution in [0.5, 0.6) is 0 Å². The van der Waals surface area contributed by atoms with Crippen molar-refractivity contribution in [2.45, 2.75) is 59.5 Å². The summed E-state index contributed by atoms with van der Waals surface area (Å²) in [4.78, 5) is 37.0. The lowest BCUT2D eigenvalue weighted by atomic mass is 9.74. The summed E-state index contributed by atoms with van der Waals surface area (Å²) in [7, 11) is 0. The molecule has 1 aromatic rings. The van der Waals surface area contributed by atoms with Gasteiger partial charge in [-0.05, 0) is 42.9 Å². The summed E-state index contributed by atoms with van der Waals surface area (Å²) >= 11 is 3.14. The first kappa shape index (κ1) is 24.9. The van der Waals surface area contributed by atoms with E-state index in [0.717, 1.165) is 0 Å². The van der Waals surface area contributed by atoms with Gasteiger partial charge in [-0.3, -0.25) is 4.79 Å². The van der Waals surface area contributed by atoms with Crippen LogP contribution < -0.4 is 16.0 Å². The second-order valence-electron chi connectivity index (χ2n) is 8.57. The fraction of sp³-hybridized carbons (Fsp3) is 0.550. The van der Waals surface area contributed by atoms with Gasteiger partial charge in [0, 0.05) is 4.47 Å². The molecule has 0 bridgehead atoms. The molecule has 0 aliphatic heterocycles. The Kier molecular flexibility index (Phi) is 8.20. The summed E-state index contributed by atoms with van der Waals surface area (Å²) in [6, 6.07) is 2.40. The number of anilines is 1. The number of benzene rings is 1. The summed E-state index contributed by atoms with van der Waals surface area (Å²) < 4.78 is 14.5. The van der Waals surface area contributed by atoms with Gasteiger partial charge in [0.05, 0.1) is 5.69 Å². The molecule has 0 aliphatic carbocycles. The fourth-order valence-electron chi connectivity index (χ4n) is 2.51. The van der Waals surface area contributed by atoms with E-state index in [1.165, 1.54) is 19.1 Å². The van der Waals surface area contributed by atoms with E-state index in [2.05, 4.69) is 31.9 Å². The van der Waals surface area contributed by atoms with Gasteiger partial charge >= 0.3 is 12.0 Å². The third kappa shape index (κ3) is 6.69. The van der Waals surface area contributed by atoms with Crippen LogP contribution in [0.25, 0.3) is 0 Å². The summed E-state index contributed by atoms with van der Waals surface area (Å²) in [5.74, 6) is -2.39. The second kappa shape index (κ2) is 9.56. The maximum absolute atomic E-state index is 13.9. The maximum Gasteiger partial charge on any atom is 0.329 e. The van der Waals surface area contributed by atoms with E-state index in [-0.39, 0.29) is 18.0 Å². The van der Waals surface area contributed by atoms with Crippen LogP contribution >= 0.6 is 15.9 Å². The smallest absolute Gasteiger partial charge is 0.329 e. The van der Waals surface area contributed by atoms with E-state index in [0.29, 0.717) is 4.47 Å². The molecule has 0 aromatic heterocycles. The Morgan fingerprint density at radius 2 is 1.76 bits per heavy atom. The lowest BCUT2D eigenvalue weighted by Crippen LogP contribution is -2.63. The number of carbonyl (C=O) groups excluding carboxylic acids is 2. The highest BCUT2D eigenvalue weighted by Gasteiger charge is 2.46. The van der Waals surface area contributed by atoms with E-state index in [4.69, 9.17) is 0 Å². The van der Waals surface area contributed by atoms with Crippen molar-refractivity contribution in [2.24, 2.45) is 11.3 Å². The normalized spacial score (nSPS) is 14.7. The number of carboxylic acids is 1. The number of amides is 3. The molecule has 0 aliphatic rings. The molecule has 1 aromatic carbocycles. The molecule has 7 nitrogen and oxygen atoms in total. The fourth-order valence-corrected chi connectivity index (χ4v) is 2.84. The average Bonchev–Trinajstić information content (AvgIpc) is 2.55. The number of urea groups is 1. The monoisotopic (exact) mass is 473 g/mol. The zero-order valence-electron chi connectivity index (χ0n) is 17.5. The predicted molar refractivity (Wildman–Crippen MR) is 113 cm³/mol. The van der Waals surface area contributed by atoms with E-state index in [1.54, 1.807) is 26.8 Å². The van der Waals surface area contributed by atoms with Crippen LogP contribution in [-0.2, 0) is 9.59 Å². The van der Waals surface area contributed by atoms with Crippen LogP contribution in [0.2, 0.25) is 0 Å². The van der Waals surface area contributed by atoms with E-state index < -0.39 is 40.7 Å². The summed E-state index contributed by atoms with van der Waals surface area (Å²) in [6.45, 7) is 10.3. The largest absolute Gasteiger partial charge is 0.479 e. The van der Waals surface area contributed by atoms with Crippen LogP contribution in [0.15, 0.2) is 22.7 Å². The molecule has 0 saturated carbocycles. The standard InChI is InChI=1S/C20H29BrFN3O4/c1-11(2)9-15(16(26)25-20(6,17(27)28)19(3,4)5)24-18(29)23-14-8-7-12(21)10-13(14)22/h7-8,10-11,15H,9H2,1-6H3,(H,25,26)(H,27,28)(H2,23,24,29)/t15-,20+/m0/s1. The van der Waals surface area contributed by atoms with Gasteiger partial charge < -0.3 is 21.1 Å². The van der Waals surface area contributed by atoms with Crippen molar-refractivity contribution in [3.63, 3.8) is 0 Å². The molecule has 9 heteroatoms. The predicted octanol–water partition coefficient (Wildman–Crippen LogP) is 4.13. The third-order valence-corrected chi connectivity index (χ3v) is 5.30. The molecule has 162 valence electrons. The number of hydrogen-bond donors (Lipinski definition) is 4. The average molecular weight is 474 g/mol. The number of carboxylic acid groups (broad SMARTS) is 1. The first-order chi connectivity index (χ1) is 13.2. The Bertz CT molecular complexity index is 779. The summed E-state index contributed by atoms with van der Waals surface area (Å²) in [5, 5.41) is 17.1. The van der Waals surface area contributed by atoms with Crippen LogP contribution in [0.1, 0.15) is 48.0 Å². The summed E-state index contributed by atoms with van der Waals surface area (Å²) in [5.41, 5.74) is -2.37. The molecular weight excluding hydrogens is 445 g/mol. The van der Waals surface area contributed by atoms with Gasteiger partial charge in [0.1, 0.15) is 17.4 Å². The van der Waals surface area contributed by atoms with Crippen molar-refractivity contribution in [3.05, 3.63) is 28.5 Å². The van der Waals surface area contributed by atoms with Crippen molar-refractivity contribution in [1.29, 1.82) is 0 Å². The lowest BCUT2D eigenvalue weighted by molar-refractivity contribution is -0.152. The minimum absolute atomic E-state index is 0.0422. The Balaban J connectivity index is 2.99. The highest BCUT2D eigenvalue weighted by Crippen LogP contribution is 2.30. The van der Waals surface area contributed by atoms with Gasteiger partial charge in [-0.25, -0.2) is 14.0 Å². The van der Waals surface area contributed by atoms with Crippen molar-refractivity contribution in [2.75, 3.05) is 5.32 Å².